The van der Waals surface area contributed by atoms with Crippen molar-refractivity contribution in [1.82, 2.24) is 9.78 Å². The maximum Gasteiger partial charge on any atom is 0.178 e. The minimum Gasteiger partial charge on any atom is -0.293 e. The summed E-state index contributed by atoms with van der Waals surface area (Å²) in [5.74, 6) is 0.108. The summed E-state index contributed by atoms with van der Waals surface area (Å²) in [6.45, 7) is 3.77. The molecule has 14 heavy (non-hydrogen) atoms. The van der Waals surface area contributed by atoms with Crippen LogP contribution < -0.4 is 0 Å². The van der Waals surface area contributed by atoms with Gasteiger partial charge in [-0.15, -0.1) is 0 Å². The summed E-state index contributed by atoms with van der Waals surface area (Å²) in [6, 6.07) is 0. The fourth-order valence-corrected chi connectivity index (χ4v) is 1.69. The van der Waals surface area contributed by atoms with Crippen LogP contribution in [0.15, 0.2) is 6.20 Å². The van der Waals surface area contributed by atoms with E-state index in [1.807, 2.05) is 13.2 Å². The highest BCUT2D eigenvalue weighted by atomic mass is 16.1. The Hall–Kier alpha value is -1.12. The fourth-order valence-electron chi connectivity index (χ4n) is 1.69. The predicted octanol–water partition coefficient (Wildman–Crippen LogP) is 2.36. The molecule has 0 N–H and O–H groups in total. The van der Waals surface area contributed by atoms with Crippen LogP contribution in [0.25, 0.3) is 0 Å². The highest BCUT2D eigenvalue weighted by molar-refractivity contribution is 5.93. The largest absolute Gasteiger partial charge is 0.293 e. The van der Waals surface area contributed by atoms with E-state index in [1.54, 1.807) is 11.6 Å². The maximum atomic E-state index is 11.3. The fraction of sp³-hybridized carbons (Fsp3) is 0.636. The van der Waals surface area contributed by atoms with E-state index in [4.69, 9.17) is 0 Å². The van der Waals surface area contributed by atoms with Gasteiger partial charge in [0.15, 0.2) is 5.78 Å². The molecule has 1 aromatic rings. The van der Waals surface area contributed by atoms with Gasteiger partial charge < -0.3 is 0 Å². The molecule has 3 nitrogen and oxygen atoms in total. The van der Waals surface area contributed by atoms with Crippen LogP contribution in [0.1, 0.15) is 49.2 Å². The van der Waals surface area contributed by atoms with Crippen LogP contribution in [-0.4, -0.2) is 15.6 Å². The first kappa shape index (κ1) is 11.0. The predicted molar refractivity (Wildman–Crippen MR) is 56.4 cm³/mol. The molecule has 0 aromatic carbocycles. The number of Topliss-reactive ketones (excluding diaryl/α,β-unsaturated/α-hetero) is 1. The molecule has 0 atom stereocenters. The van der Waals surface area contributed by atoms with Crippen LogP contribution in [0, 0.1) is 0 Å². The van der Waals surface area contributed by atoms with Crippen LogP contribution in [0.2, 0.25) is 0 Å². The first-order valence-corrected chi connectivity index (χ1v) is 5.18. The van der Waals surface area contributed by atoms with Gasteiger partial charge in [0.2, 0.25) is 0 Å². The molecule has 0 saturated heterocycles. The van der Waals surface area contributed by atoms with Crippen molar-refractivity contribution in [1.29, 1.82) is 0 Å². The molecule has 0 amide bonds. The van der Waals surface area contributed by atoms with E-state index in [0.29, 0.717) is 0 Å². The van der Waals surface area contributed by atoms with Gasteiger partial charge in [0.05, 0.1) is 6.20 Å². The van der Waals surface area contributed by atoms with Crippen molar-refractivity contribution in [3.05, 3.63) is 17.5 Å². The van der Waals surface area contributed by atoms with E-state index >= 15 is 0 Å². The number of nitrogens with zero attached hydrogens (tertiary/aromatic N) is 2. The third-order valence-electron chi connectivity index (χ3n) is 2.40. The van der Waals surface area contributed by atoms with Gasteiger partial charge in [0.25, 0.3) is 0 Å². The third kappa shape index (κ3) is 2.44. The Morgan fingerprint density at radius 3 is 2.79 bits per heavy atom. The van der Waals surface area contributed by atoms with Gasteiger partial charge in [0, 0.05) is 19.5 Å². The van der Waals surface area contributed by atoms with E-state index < -0.39 is 0 Å². The van der Waals surface area contributed by atoms with E-state index in [2.05, 4.69) is 12.0 Å². The monoisotopic (exact) mass is 194 g/mol. The van der Waals surface area contributed by atoms with Gasteiger partial charge >= 0.3 is 0 Å². The van der Waals surface area contributed by atoms with Crippen LogP contribution in [0.5, 0.6) is 0 Å². The zero-order valence-electron chi connectivity index (χ0n) is 9.21. The van der Waals surface area contributed by atoms with Crippen molar-refractivity contribution in [2.24, 2.45) is 7.05 Å². The average Bonchev–Trinajstić information content (AvgIpc) is 2.47. The van der Waals surface area contributed by atoms with Crippen molar-refractivity contribution >= 4 is 5.78 Å². The first-order valence-electron chi connectivity index (χ1n) is 5.18. The van der Waals surface area contributed by atoms with Crippen LogP contribution in [0.4, 0.5) is 0 Å². The molecule has 0 unspecified atom stereocenters. The molecule has 0 fully saturated rings. The molecule has 0 spiro atoms. The number of ketones is 1. The lowest BCUT2D eigenvalue weighted by atomic mass is 10.1. The summed E-state index contributed by atoms with van der Waals surface area (Å²) < 4.78 is 1.67. The van der Waals surface area contributed by atoms with E-state index in [9.17, 15) is 4.79 Å². The number of hydrogen-bond donors (Lipinski definition) is 0. The van der Waals surface area contributed by atoms with Crippen molar-refractivity contribution in [2.75, 3.05) is 0 Å². The second kappa shape index (κ2) is 4.94. The van der Waals surface area contributed by atoms with Crippen LogP contribution >= 0.6 is 0 Å². The molecule has 0 aliphatic rings. The van der Waals surface area contributed by atoms with Crippen molar-refractivity contribution in [3.8, 4) is 0 Å². The summed E-state index contributed by atoms with van der Waals surface area (Å²) in [5, 5.41) is 4.11. The molecule has 3 heteroatoms. The number of aryl methyl sites for hydroxylation is 2. The van der Waals surface area contributed by atoms with Gasteiger partial charge in [-0.2, -0.15) is 5.10 Å². The van der Waals surface area contributed by atoms with Gasteiger partial charge in [0.1, 0.15) is 5.69 Å². The van der Waals surface area contributed by atoms with Crippen molar-refractivity contribution in [2.45, 2.75) is 39.5 Å². The van der Waals surface area contributed by atoms with Gasteiger partial charge in [-0.25, -0.2) is 0 Å². The van der Waals surface area contributed by atoms with Gasteiger partial charge in [-0.3, -0.25) is 9.48 Å². The molecule has 78 valence electrons. The molecule has 0 aliphatic carbocycles. The number of aromatic nitrogens is 2. The Labute approximate surface area is 85.1 Å². The smallest absolute Gasteiger partial charge is 0.178 e. The Kier molecular flexibility index (Phi) is 3.86. The number of carbonyl (C=O) groups excluding carboxylic acids is 1. The lowest BCUT2D eigenvalue weighted by Gasteiger charge is -2.01. The second-order valence-corrected chi connectivity index (χ2v) is 3.66. The van der Waals surface area contributed by atoms with Crippen molar-refractivity contribution in [3.63, 3.8) is 0 Å². The van der Waals surface area contributed by atoms with E-state index in [1.165, 1.54) is 12.8 Å². The van der Waals surface area contributed by atoms with Crippen LogP contribution in [-0.2, 0) is 13.5 Å². The minimum atomic E-state index is 0.108. The Morgan fingerprint density at radius 1 is 1.50 bits per heavy atom. The van der Waals surface area contributed by atoms with Crippen molar-refractivity contribution < 1.29 is 4.79 Å². The Morgan fingerprint density at radius 2 is 2.21 bits per heavy atom. The first-order chi connectivity index (χ1) is 6.66. The summed E-state index contributed by atoms with van der Waals surface area (Å²) >= 11 is 0. The summed E-state index contributed by atoms with van der Waals surface area (Å²) in [4.78, 5) is 11.3. The number of rotatable bonds is 5. The normalized spacial score (nSPS) is 10.5. The molecule has 0 saturated carbocycles. The number of unbranched alkanes of at least 4 members (excludes halogenated alkanes) is 2. The maximum absolute atomic E-state index is 11.3. The zero-order chi connectivity index (χ0) is 10.6. The molecular formula is C11H18N2O. The summed E-state index contributed by atoms with van der Waals surface area (Å²) in [6.07, 6.45) is 6.34. The third-order valence-corrected chi connectivity index (χ3v) is 2.40. The average molecular weight is 194 g/mol. The molecule has 1 rings (SSSR count). The standard InChI is InChI=1S/C11H18N2O/c1-4-5-6-7-10-8-12-13(3)11(10)9(2)14/h8H,4-7H2,1-3H3. The zero-order valence-corrected chi connectivity index (χ0v) is 9.21. The Bertz CT molecular complexity index is 315. The lowest BCUT2D eigenvalue weighted by molar-refractivity contribution is 0.100. The summed E-state index contributed by atoms with van der Waals surface area (Å²) in [5.41, 5.74) is 1.86. The Balaban J connectivity index is 2.71. The molecule has 0 radical (unpaired) electrons. The highest BCUT2D eigenvalue weighted by Gasteiger charge is 2.11. The molecule has 1 heterocycles. The van der Waals surface area contributed by atoms with E-state index in [-0.39, 0.29) is 5.78 Å². The lowest BCUT2D eigenvalue weighted by Crippen LogP contribution is -2.05. The summed E-state index contributed by atoms with van der Waals surface area (Å²) in [7, 11) is 1.82. The number of hydrogen-bond acceptors (Lipinski definition) is 2. The van der Waals surface area contributed by atoms with Crippen LogP contribution in [0.3, 0.4) is 0 Å². The topological polar surface area (TPSA) is 34.9 Å². The highest BCUT2D eigenvalue weighted by Crippen LogP contribution is 2.12. The second-order valence-electron chi connectivity index (χ2n) is 3.66. The van der Waals surface area contributed by atoms with Gasteiger partial charge in [-0.05, 0) is 12.8 Å². The number of carbonyl (C=O) groups is 1. The van der Waals surface area contributed by atoms with E-state index in [0.717, 1.165) is 24.1 Å². The van der Waals surface area contributed by atoms with Gasteiger partial charge in [-0.1, -0.05) is 19.8 Å². The molecule has 1 aromatic heterocycles. The SMILES string of the molecule is CCCCCc1cnn(C)c1C(C)=O. The minimum absolute atomic E-state index is 0.108. The molecule has 0 aliphatic heterocycles. The quantitative estimate of drug-likeness (QED) is 0.532. The molecule has 0 bridgehead atoms. The molecular weight excluding hydrogens is 176 g/mol.